The largest absolute Gasteiger partial charge is 0.495 e. The summed E-state index contributed by atoms with van der Waals surface area (Å²) in [7, 11) is 2.63. The number of amides is 1. The molecule has 20 heavy (non-hydrogen) atoms. The maximum Gasteiger partial charge on any atom is 0.277 e. The first kappa shape index (κ1) is 14.3. The van der Waals surface area contributed by atoms with E-state index in [0.29, 0.717) is 5.69 Å². The van der Waals surface area contributed by atoms with Gasteiger partial charge in [0.05, 0.1) is 13.3 Å². The van der Waals surface area contributed by atoms with Gasteiger partial charge in [0.15, 0.2) is 5.69 Å². The summed E-state index contributed by atoms with van der Waals surface area (Å²) in [6.45, 7) is 0. The molecule has 1 amide bonds. The van der Waals surface area contributed by atoms with Crippen molar-refractivity contribution in [3.63, 3.8) is 0 Å². The van der Waals surface area contributed by atoms with Gasteiger partial charge >= 0.3 is 0 Å². The van der Waals surface area contributed by atoms with Gasteiger partial charge in [-0.3, -0.25) is 4.79 Å². The van der Waals surface area contributed by atoms with Crippen LogP contribution in [0.15, 0.2) is 29.3 Å². The highest BCUT2D eigenvalue weighted by molar-refractivity contribution is 8.13. The fourth-order valence-corrected chi connectivity index (χ4v) is 2.45. The number of methoxy groups -OCH3 is 1. The zero-order chi connectivity index (χ0) is 14.8. The Morgan fingerprint density at radius 2 is 2.20 bits per heavy atom. The molecular weight excluding hydrogens is 308 g/mol. The van der Waals surface area contributed by atoms with E-state index in [-0.39, 0.29) is 16.3 Å². The molecule has 2 rings (SSSR count). The number of H-pyrrole nitrogens is 1. The first-order chi connectivity index (χ1) is 9.41. The molecule has 0 aliphatic carbocycles. The molecule has 1 aromatic carbocycles. The van der Waals surface area contributed by atoms with E-state index in [1.54, 1.807) is 0 Å². The summed E-state index contributed by atoms with van der Waals surface area (Å²) in [4.78, 5) is 11.6. The van der Waals surface area contributed by atoms with Crippen LogP contribution in [0.5, 0.6) is 5.75 Å². The van der Waals surface area contributed by atoms with Gasteiger partial charge in [-0.25, -0.2) is 8.42 Å². The monoisotopic (exact) mass is 316 g/mol. The van der Waals surface area contributed by atoms with Crippen LogP contribution in [0, 0.1) is 0 Å². The number of rotatable bonds is 4. The lowest BCUT2D eigenvalue weighted by atomic mass is 10.3. The second-order valence-corrected chi connectivity index (χ2v) is 6.15. The minimum atomic E-state index is -3.93. The fraction of sp³-hybridized carbons (Fsp3) is 0.100. The summed E-state index contributed by atoms with van der Waals surface area (Å²) in [5.41, 5.74) is 0.428. The zero-order valence-corrected chi connectivity index (χ0v) is 11.7. The Bertz CT molecular complexity index is 730. The molecule has 0 aliphatic rings. The van der Waals surface area contributed by atoms with Crippen LogP contribution in [0.2, 0.25) is 0 Å². The fourth-order valence-electron chi connectivity index (χ4n) is 1.45. The molecule has 0 saturated carbocycles. The van der Waals surface area contributed by atoms with Crippen molar-refractivity contribution in [2.24, 2.45) is 0 Å². The van der Waals surface area contributed by atoms with Crippen molar-refractivity contribution in [1.82, 2.24) is 15.4 Å². The number of aromatic amines is 1. The van der Waals surface area contributed by atoms with Crippen LogP contribution >= 0.6 is 10.7 Å². The predicted octanol–water partition coefficient (Wildman–Crippen LogP) is 0.993. The first-order valence-corrected chi connectivity index (χ1v) is 7.52. The summed E-state index contributed by atoms with van der Waals surface area (Å²) in [5.74, 6) is -0.472. The van der Waals surface area contributed by atoms with Crippen LogP contribution < -0.4 is 10.1 Å². The summed E-state index contributed by atoms with van der Waals surface area (Å²) in [6.07, 6.45) is 1.25. The van der Waals surface area contributed by atoms with Crippen LogP contribution in [0.3, 0.4) is 0 Å². The lowest BCUT2D eigenvalue weighted by Gasteiger charge is -2.09. The number of carbonyl (C=O) groups excluding carboxylic acids is 1. The maximum atomic E-state index is 11.7. The number of hydrogen-bond acceptors (Lipinski definition) is 6. The number of nitrogens with one attached hydrogen (secondary N) is 2. The summed E-state index contributed by atoms with van der Waals surface area (Å²) in [6, 6.07) is 3.96. The number of halogens is 1. The van der Waals surface area contributed by atoms with E-state index in [9.17, 15) is 13.2 Å². The van der Waals surface area contributed by atoms with Gasteiger partial charge in [0, 0.05) is 22.4 Å². The number of ether oxygens (including phenoxy) is 1. The van der Waals surface area contributed by atoms with Crippen molar-refractivity contribution in [3.05, 3.63) is 30.1 Å². The molecule has 1 heterocycles. The van der Waals surface area contributed by atoms with Crippen molar-refractivity contribution in [1.29, 1.82) is 0 Å². The molecule has 0 spiro atoms. The van der Waals surface area contributed by atoms with E-state index < -0.39 is 15.0 Å². The smallest absolute Gasteiger partial charge is 0.277 e. The Kier molecular flexibility index (Phi) is 3.91. The number of carbonyl (C=O) groups is 1. The van der Waals surface area contributed by atoms with E-state index in [0.717, 1.165) is 0 Å². The first-order valence-electron chi connectivity index (χ1n) is 5.21. The number of anilines is 1. The molecule has 0 saturated heterocycles. The average molecular weight is 317 g/mol. The van der Waals surface area contributed by atoms with Crippen molar-refractivity contribution >= 4 is 31.3 Å². The Morgan fingerprint density at radius 3 is 2.75 bits per heavy atom. The van der Waals surface area contributed by atoms with Crippen molar-refractivity contribution in [3.8, 4) is 5.75 Å². The third-order valence-electron chi connectivity index (χ3n) is 2.33. The zero-order valence-electron chi connectivity index (χ0n) is 10.1. The van der Waals surface area contributed by atoms with E-state index in [2.05, 4.69) is 20.7 Å². The molecule has 2 aromatic rings. The average Bonchev–Trinajstić information content (AvgIpc) is 2.91. The van der Waals surface area contributed by atoms with E-state index in [4.69, 9.17) is 15.4 Å². The summed E-state index contributed by atoms with van der Waals surface area (Å²) in [5, 5.41) is 11.9. The molecule has 10 heteroatoms. The Hall–Kier alpha value is -2.13. The van der Waals surface area contributed by atoms with E-state index >= 15 is 0 Å². The highest BCUT2D eigenvalue weighted by Crippen LogP contribution is 2.29. The topological polar surface area (TPSA) is 114 Å². The second kappa shape index (κ2) is 5.47. The Labute approximate surface area is 118 Å². The van der Waals surface area contributed by atoms with Gasteiger partial charge in [0.2, 0.25) is 0 Å². The Morgan fingerprint density at radius 1 is 1.45 bits per heavy atom. The molecule has 1 aromatic heterocycles. The minimum absolute atomic E-state index is 0.0259. The molecule has 0 atom stereocenters. The standard InChI is InChI=1S/C10H9ClN4O4S/c1-19-8-4-6(2-3-9(8)20(11,17)18)13-10(16)7-5-12-15-14-7/h2-5H,1H3,(H,13,16)(H,12,14,15). The highest BCUT2D eigenvalue weighted by Gasteiger charge is 2.18. The third-order valence-corrected chi connectivity index (χ3v) is 3.69. The Balaban J connectivity index is 2.29. The number of aromatic nitrogens is 3. The molecule has 0 unspecified atom stereocenters. The molecule has 0 aliphatic heterocycles. The lowest BCUT2D eigenvalue weighted by Crippen LogP contribution is -2.12. The quantitative estimate of drug-likeness (QED) is 0.813. The minimum Gasteiger partial charge on any atom is -0.495 e. The highest BCUT2D eigenvalue weighted by atomic mass is 35.7. The van der Waals surface area contributed by atoms with Crippen LogP contribution in [0.4, 0.5) is 5.69 Å². The number of benzene rings is 1. The summed E-state index contributed by atoms with van der Waals surface area (Å²) < 4.78 is 27.6. The van der Waals surface area contributed by atoms with E-state index in [1.807, 2.05) is 0 Å². The van der Waals surface area contributed by atoms with Gasteiger partial charge in [-0.05, 0) is 12.1 Å². The summed E-state index contributed by atoms with van der Waals surface area (Å²) >= 11 is 0. The van der Waals surface area contributed by atoms with Gasteiger partial charge < -0.3 is 10.1 Å². The van der Waals surface area contributed by atoms with Gasteiger partial charge in [-0.2, -0.15) is 15.4 Å². The van der Waals surface area contributed by atoms with Crippen LogP contribution in [-0.4, -0.2) is 36.8 Å². The van der Waals surface area contributed by atoms with Crippen LogP contribution in [-0.2, 0) is 9.05 Å². The van der Waals surface area contributed by atoms with Crippen molar-refractivity contribution in [2.75, 3.05) is 12.4 Å². The van der Waals surface area contributed by atoms with Gasteiger partial charge in [0.1, 0.15) is 10.6 Å². The molecule has 106 valence electrons. The molecular formula is C10H9ClN4O4S. The van der Waals surface area contributed by atoms with Gasteiger partial charge in [0.25, 0.3) is 15.0 Å². The maximum absolute atomic E-state index is 11.7. The van der Waals surface area contributed by atoms with E-state index in [1.165, 1.54) is 31.5 Å². The van der Waals surface area contributed by atoms with Crippen LogP contribution in [0.25, 0.3) is 0 Å². The molecule has 8 nitrogen and oxygen atoms in total. The SMILES string of the molecule is COc1cc(NC(=O)c2cn[nH]n2)ccc1S(=O)(=O)Cl. The van der Waals surface area contributed by atoms with Gasteiger partial charge in [-0.15, -0.1) is 0 Å². The number of hydrogen-bond donors (Lipinski definition) is 2. The van der Waals surface area contributed by atoms with Crippen molar-refractivity contribution in [2.45, 2.75) is 4.90 Å². The predicted molar refractivity (Wildman–Crippen MR) is 70.4 cm³/mol. The van der Waals surface area contributed by atoms with Crippen LogP contribution in [0.1, 0.15) is 10.5 Å². The molecule has 2 N–H and O–H groups in total. The molecule has 0 fully saturated rings. The molecule has 0 bridgehead atoms. The lowest BCUT2D eigenvalue weighted by molar-refractivity contribution is 0.102. The van der Waals surface area contributed by atoms with Gasteiger partial charge in [-0.1, -0.05) is 0 Å². The normalized spacial score (nSPS) is 11.1. The second-order valence-electron chi connectivity index (χ2n) is 3.61. The van der Waals surface area contributed by atoms with Crippen molar-refractivity contribution < 1.29 is 17.9 Å². The molecule has 0 radical (unpaired) electrons. The number of nitrogens with zero attached hydrogens (tertiary/aromatic N) is 2. The third kappa shape index (κ3) is 3.06.